The van der Waals surface area contributed by atoms with E-state index in [-0.39, 0.29) is 0 Å². The second-order valence-electron chi connectivity index (χ2n) is 4.46. The molecule has 0 saturated carbocycles. The summed E-state index contributed by atoms with van der Waals surface area (Å²) in [6.07, 6.45) is 3.68. The largest absolute Gasteiger partial charge is 0.256 e. The third-order valence-corrected chi connectivity index (χ3v) is 3.15. The van der Waals surface area contributed by atoms with E-state index in [2.05, 4.69) is 35.1 Å². The molecular formula is C17H14N2. The van der Waals surface area contributed by atoms with Crippen LogP contribution in [0.5, 0.6) is 0 Å². The van der Waals surface area contributed by atoms with Gasteiger partial charge in [0.05, 0.1) is 11.4 Å². The van der Waals surface area contributed by atoms with Crippen molar-refractivity contribution in [1.29, 1.82) is 0 Å². The molecule has 0 aliphatic rings. The maximum Gasteiger partial charge on any atom is 0.0717 e. The van der Waals surface area contributed by atoms with Crippen molar-refractivity contribution in [3.05, 3.63) is 72.6 Å². The first-order valence-corrected chi connectivity index (χ1v) is 6.28. The second kappa shape index (κ2) is 5.02. The molecule has 0 aliphatic carbocycles. The average molecular weight is 246 g/mol. The Kier molecular flexibility index (Phi) is 3.07. The summed E-state index contributed by atoms with van der Waals surface area (Å²) in [5.74, 6) is 0. The minimum absolute atomic E-state index is 0.950. The first-order valence-electron chi connectivity index (χ1n) is 6.28. The third-order valence-electron chi connectivity index (χ3n) is 3.15. The minimum Gasteiger partial charge on any atom is -0.256 e. The summed E-state index contributed by atoms with van der Waals surface area (Å²) in [5.41, 5.74) is 5.40. The van der Waals surface area contributed by atoms with Gasteiger partial charge in [-0.15, -0.1) is 0 Å². The van der Waals surface area contributed by atoms with Gasteiger partial charge in [0.25, 0.3) is 0 Å². The van der Waals surface area contributed by atoms with Crippen LogP contribution in [0.25, 0.3) is 22.5 Å². The molecule has 19 heavy (non-hydrogen) atoms. The first-order chi connectivity index (χ1) is 9.34. The molecule has 92 valence electrons. The molecular weight excluding hydrogens is 232 g/mol. The number of nitrogens with zero attached hydrogens (tertiary/aromatic N) is 2. The molecule has 0 spiro atoms. The zero-order valence-corrected chi connectivity index (χ0v) is 10.7. The van der Waals surface area contributed by atoms with E-state index in [0.29, 0.717) is 0 Å². The third kappa shape index (κ3) is 2.38. The molecule has 0 amide bonds. The maximum absolute atomic E-state index is 4.55. The number of hydrogen-bond acceptors (Lipinski definition) is 2. The summed E-state index contributed by atoms with van der Waals surface area (Å²) in [4.78, 5) is 8.88. The summed E-state index contributed by atoms with van der Waals surface area (Å²) in [6, 6.07) is 18.3. The van der Waals surface area contributed by atoms with E-state index >= 15 is 0 Å². The summed E-state index contributed by atoms with van der Waals surface area (Å²) < 4.78 is 0. The van der Waals surface area contributed by atoms with E-state index in [1.165, 1.54) is 11.1 Å². The molecule has 0 N–H and O–H groups in total. The lowest BCUT2D eigenvalue weighted by Gasteiger charge is -2.06. The van der Waals surface area contributed by atoms with E-state index in [1.807, 2.05) is 42.6 Å². The number of aryl methyl sites for hydroxylation is 1. The lowest BCUT2D eigenvalue weighted by molar-refractivity contribution is 1.27. The van der Waals surface area contributed by atoms with Gasteiger partial charge in [0.1, 0.15) is 0 Å². The maximum atomic E-state index is 4.55. The molecule has 0 aliphatic heterocycles. The highest BCUT2D eigenvalue weighted by molar-refractivity contribution is 5.66. The Labute approximate surface area is 112 Å². The van der Waals surface area contributed by atoms with Crippen molar-refractivity contribution in [3.8, 4) is 22.5 Å². The van der Waals surface area contributed by atoms with Gasteiger partial charge in [-0.25, -0.2) is 0 Å². The minimum atomic E-state index is 0.950. The molecule has 3 aromatic rings. The summed E-state index contributed by atoms with van der Waals surface area (Å²) in [7, 11) is 0. The zero-order chi connectivity index (χ0) is 13.1. The van der Waals surface area contributed by atoms with Gasteiger partial charge >= 0.3 is 0 Å². The van der Waals surface area contributed by atoms with Crippen LogP contribution >= 0.6 is 0 Å². The van der Waals surface area contributed by atoms with Gasteiger partial charge in [-0.2, -0.15) is 0 Å². The number of hydrogen-bond donors (Lipinski definition) is 0. The summed E-state index contributed by atoms with van der Waals surface area (Å²) in [6.45, 7) is 2.10. The molecule has 2 heterocycles. The van der Waals surface area contributed by atoms with E-state index in [9.17, 15) is 0 Å². The highest BCUT2D eigenvalue weighted by Gasteiger charge is 2.03. The van der Waals surface area contributed by atoms with Crippen molar-refractivity contribution in [3.63, 3.8) is 0 Å². The summed E-state index contributed by atoms with van der Waals surface area (Å²) >= 11 is 0. The monoisotopic (exact) mass is 246 g/mol. The number of aromatic nitrogens is 2. The molecule has 0 radical (unpaired) electrons. The Bertz CT molecular complexity index is 673. The standard InChI is InChI=1S/C17H14N2/c1-13-6-2-3-7-15(13)17-10-9-14(12-19-17)16-8-4-5-11-18-16/h2-12H,1H3. The number of benzene rings is 1. The Morgan fingerprint density at radius 2 is 1.58 bits per heavy atom. The van der Waals surface area contributed by atoms with E-state index in [1.54, 1.807) is 6.20 Å². The van der Waals surface area contributed by atoms with E-state index < -0.39 is 0 Å². The van der Waals surface area contributed by atoms with Gasteiger partial charge in [0.15, 0.2) is 0 Å². The normalized spacial score (nSPS) is 10.4. The molecule has 0 unspecified atom stereocenters. The molecule has 0 bridgehead atoms. The fourth-order valence-corrected chi connectivity index (χ4v) is 2.10. The van der Waals surface area contributed by atoms with Crippen molar-refractivity contribution >= 4 is 0 Å². The Morgan fingerprint density at radius 1 is 0.737 bits per heavy atom. The summed E-state index contributed by atoms with van der Waals surface area (Å²) in [5, 5.41) is 0. The van der Waals surface area contributed by atoms with Crippen LogP contribution in [0, 0.1) is 6.92 Å². The van der Waals surface area contributed by atoms with Crippen molar-refractivity contribution in [1.82, 2.24) is 9.97 Å². The molecule has 2 aromatic heterocycles. The predicted molar refractivity (Wildman–Crippen MR) is 77.6 cm³/mol. The molecule has 2 nitrogen and oxygen atoms in total. The SMILES string of the molecule is Cc1ccccc1-c1ccc(-c2ccccn2)cn1. The number of pyridine rings is 2. The Hall–Kier alpha value is -2.48. The predicted octanol–water partition coefficient (Wildman–Crippen LogP) is 4.12. The van der Waals surface area contributed by atoms with Crippen molar-refractivity contribution < 1.29 is 0 Å². The van der Waals surface area contributed by atoms with E-state index in [4.69, 9.17) is 0 Å². The lowest BCUT2D eigenvalue weighted by Crippen LogP contribution is -1.88. The van der Waals surface area contributed by atoms with Gasteiger partial charge in [-0.05, 0) is 36.8 Å². The fraction of sp³-hybridized carbons (Fsp3) is 0.0588. The molecule has 3 rings (SSSR count). The molecule has 2 heteroatoms. The van der Waals surface area contributed by atoms with Crippen LogP contribution in [0.15, 0.2) is 67.0 Å². The number of rotatable bonds is 2. The van der Waals surface area contributed by atoms with Crippen LogP contribution in [-0.2, 0) is 0 Å². The van der Waals surface area contributed by atoms with E-state index in [0.717, 1.165) is 17.0 Å². The fourth-order valence-electron chi connectivity index (χ4n) is 2.10. The van der Waals surface area contributed by atoms with Crippen LogP contribution in [0.3, 0.4) is 0 Å². The van der Waals surface area contributed by atoms with Gasteiger partial charge < -0.3 is 0 Å². The molecule has 1 aromatic carbocycles. The highest BCUT2D eigenvalue weighted by atomic mass is 14.7. The Morgan fingerprint density at radius 3 is 2.26 bits per heavy atom. The average Bonchev–Trinajstić information content (AvgIpc) is 2.49. The Balaban J connectivity index is 1.98. The molecule has 0 saturated heterocycles. The van der Waals surface area contributed by atoms with Crippen LogP contribution in [0.1, 0.15) is 5.56 Å². The van der Waals surface area contributed by atoms with Crippen LogP contribution < -0.4 is 0 Å². The van der Waals surface area contributed by atoms with Gasteiger partial charge in [0, 0.05) is 23.5 Å². The smallest absolute Gasteiger partial charge is 0.0717 e. The molecule has 0 atom stereocenters. The molecule has 0 fully saturated rings. The van der Waals surface area contributed by atoms with Gasteiger partial charge in [-0.1, -0.05) is 30.3 Å². The zero-order valence-electron chi connectivity index (χ0n) is 10.7. The van der Waals surface area contributed by atoms with Crippen LogP contribution in [0.4, 0.5) is 0 Å². The van der Waals surface area contributed by atoms with Gasteiger partial charge in [-0.3, -0.25) is 9.97 Å². The van der Waals surface area contributed by atoms with Crippen molar-refractivity contribution in [2.75, 3.05) is 0 Å². The first kappa shape index (κ1) is 11.6. The van der Waals surface area contributed by atoms with Crippen LogP contribution in [-0.4, -0.2) is 9.97 Å². The quantitative estimate of drug-likeness (QED) is 0.679. The van der Waals surface area contributed by atoms with Gasteiger partial charge in [0.2, 0.25) is 0 Å². The second-order valence-corrected chi connectivity index (χ2v) is 4.46. The lowest BCUT2D eigenvalue weighted by atomic mass is 10.0. The van der Waals surface area contributed by atoms with Crippen LogP contribution in [0.2, 0.25) is 0 Å². The van der Waals surface area contributed by atoms with Crippen molar-refractivity contribution in [2.45, 2.75) is 6.92 Å². The topological polar surface area (TPSA) is 25.8 Å². The van der Waals surface area contributed by atoms with Crippen molar-refractivity contribution in [2.24, 2.45) is 0 Å². The highest BCUT2D eigenvalue weighted by Crippen LogP contribution is 2.23.